The van der Waals surface area contributed by atoms with Gasteiger partial charge in [-0.25, -0.2) is 8.78 Å². The van der Waals surface area contributed by atoms with E-state index < -0.39 is 11.6 Å². The highest BCUT2D eigenvalue weighted by molar-refractivity contribution is 5.47. The summed E-state index contributed by atoms with van der Waals surface area (Å²) < 4.78 is 26.8. The van der Waals surface area contributed by atoms with Crippen molar-refractivity contribution in [3.63, 3.8) is 0 Å². The highest BCUT2D eigenvalue weighted by atomic mass is 19.2. The highest BCUT2D eigenvalue weighted by Crippen LogP contribution is 2.16. The van der Waals surface area contributed by atoms with Crippen LogP contribution in [0.5, 0.6) is 0 Å². The molecular weight excluding hydrogens is 290 g/mol. The van der Waals surface area contributed by atoms with Crippen LogP contribution in [0.4, 0.5) is 8.78 Å². The van der Waals surface area contributed by atoms with E-state index >= 15 is 0 Å². The van der Waals surface area contributed by atoms with Crippen molar-refractivity contribution in [3.05, 3.63) is 70.3 Å². The van der Waals surface area contributed by atoms with Crippen molar-refractivity contribution < 1.29 is 8.78 Å². The van der Waals surface area contributed by atoms with E-state index in [2.05, 4.69) is 30.9 Å². The molecule has 0 N–H and O–H groups in total. The van der Waals surface area contributed by atoms with Crippen LogP contribution < -0.4 is 0 Å². The second-order valence-corrected chi connectivity index (χ2v) is 5.72. The molecule has 0 fully saturated rings. The van der Waals surface area contributed by atoms with Gasteiger partial charge in [-0.05, 0) is 54.7 Å². The molecule has 0 radical (unpaired) electrons. The molecule has 0 aromatic heterocycles. The Hall–Kier alpha value is -2.14. The minimum atomic E-state index is -0.843. The van der Waals surface area contributed by atoms with Crippen LogP contribution in [0.15, 0.2) is 36.4 Å². The number of hydrogen-bond donors (Lipinski definition) is 0. The van der Waals surface area contributed by atoms with Gasteiger partial charge in [-0.2, -0.15) is 0 Å². The molecule has 23 heavy (non-hydrogen) atoms. The minimum Gasteiger partial charge on any atom is -0.204 e. The van der Waals surface area contributed by atoms with E-state index in [0.29, 0.717) is 12.0 Å². The third-order valence-electron chi connectivity index (χ3n) is 3.78. The maximum atomic E-state index is 13.5. The second kappa shape index (κ2) is 8.48. The number of unbranched alkanes of at least 4 members (excludes halogenated alkanes) is 1. The van der Waals surface area contributed by atoms with Gasteiger partial charge in [0, 0.05) is 11.1 Å². The molecule has 0 bridgehead atoms. The largest absolute Gasteiger partial charge is 0.204 e. The Balaban J connectivity index is 2.22. The predicted molar refractivity (Wildman–Crippen MR) is 91.4 cm³/mol. The van der Waals surface area contributed by atoms with Crippen LogP contribution >= 0.6 is 0 Å². The van der Waals surface area contributed by atoms with E-state index in [1.54, 1.807) is 0 Å². The van der Waals surface area contributed by atoms with Gasteiger partial charge in [-0.15, -0.1) is 0 Å². The second-order valence-electron chi connectivity index (χ2n) is 5.72. The monoisotopic (exact) mass is 312 g/mol. The third kappa shape index (κ3) is 4.93. The van der Waals surface area contributed by atoms with E-state index in [0.717, 1.165) is 24.0 Å². The Labute approximate surface area is 137 Å². The van der Waals surface area contributed by atoms with Gasteiger partial charge >= 0.3 is 0 Å². The van der Waals surface area contributed by atoms with Crippen molar-refractivity contribution in [1.29, 1.82) is 0 Å². The molecule has 0 aliphatic heterocycles. The average Bonchev–Trinajstić information content (AvgIpc) is 2.56. The molecule has 2 aromatic rings. The molecule has 120 valence electrons. The standard InChI is InChI=1S/C21H22F2/c1-3-5-7-16-8-10-17(11-9-16)12-13-19-15-21(23)20(22)14-18(19)6-4-2/h8-11,14-15H,3-7H2,1-2H3. The number of halogens is 2. The number of benzene rings is 2. The van der Waals surface area contributed by atoms with Gasteiger partial charge in [0.2, 0.25) is 0 Å². The summed E-state index contributed by atoms with van der Waals surface area (Å²) in [5, 5.41) is 0. The summed E-state index contributed by atoms with van der Waals surface area (Å²) in [6.07, 6.45) is 5.00. The first-order valence-corrected chi connectivity index (χ1v) is 8.23. The van der Waals surface area contributed by atoms with Crippen LogP contribution in [0, 0.1) is 23.5 Å². The fourth-order valence-electron chi connectivity index (χ4n) is 2.46. The highest BCUT2D eigenvalue weighted by Gasteiger charge is 2.07. The molecule has 0 heterocycles. The van der Waals surface area contributed by atoms with Crippen molar-refractivity contribution >= 4 is 0 Å². The first-order valence-electron chi connectivity index (χ1n) is 8.23. The SMILES string of the molecule is CCCCc1ccc(C#Cc2cc(F)c(F)cc2CCC)cc1. The molecule has 0 atom stereocenters. The quantitative estimate of drug-likeness (QED) is 0.625. The van der Waals surface area contributed by atoms with Crippen LogP contribution in [0.1, 0.15) is 55.4 Å². The van der Waals surface area contributed by atoms with E-state index in [4.69, 9.17) is 0 Å². The van der Waals surface area contributed by atoms with Gasteiger partial charge in [0.25, 0.3) is 0 Å². The normalized spacial score (nSPS) is 10.3. The zero-order valence-electron chi connectivity index (χ0n) is 13.8. The van der Waals surface area contributed by atoms with Crippen molar-refractivity contribution in [1.82, 2.24) is 0 Å². The fourth-order valence-corrected chi connectivity index (χ4v) is 2.46. The lowest BCUT2D eigenvalue weighted by molar-refractivity contribution is 0.506. The fraction of sp³-hybridized carbons (Fsp3) is 0.333. The van der Waals surface area contributed by atoms with E-state index in [-0.39, 0.29) is 0 Å². The summed E-state index contributed by atoms with van der Waals surface area (Å²) in [7, 11) is 0. The van der Waals surface area contributed by atoms with Gasteiger partial charge in [0.05, 0.1) is 0 Å². The Kier molecular flexibility index (Phi) is 6.35. The number of hydrogen-bond acceptors (Lipinski definition) is 0. The van der Waals surface area contributed by atoms with E-state index in [1.165, 1.54) is 30.5 Å². The molecule has 0 saturated carbocycles. The van der Waals surface area contributed by atoms with E-state index in [9.17, 15) is 8.78 Å². The molecule has 2 rings (SSSR count). The maximum absolute atomic E-state index is 13.5. The summed E-state index contributed by atoms with van der Waals surface area (Å²) in [4.78, 5) is 0. The smallest absolute Gasteiger partial charge is 0.160 e. The third-order valence-corrected chi connectivity index (χ3v) is 3.78. The van der Waals surface area contributed by atoms with Gasteiger partial charge in [0.1, 0.15) is 0 Å². The van der Waals surface area contributed by atoms with Crippen molar-refractivity contribution in [2.75, 3.05) is 0 Å². The summed E-state index contributed by atoms with van der Waals surface area (Å²) in [5.74, 6) is 4.39. The molecule has 0 nitrogen and oxygen atoms in total. The summed E-state index contributed by atoms with van der Waals surface area (Å²) >= 11 is 0. The maximum Gasteiger partial charge on any atom is 0.160 e. The molecule has 0 saturated heterocycles. The average molecular weight is 312 g/mol. The molecular formula is C21H22F2. The molecule has 0 unspecified atom stereocenters. The Morgan fingerprint density at radius 3 is 2.17 bits per heavy atom. The van der Waals surface area contributed by atoms with Crippen LogP contribution in [0.2, 0.25) is 0 Å². The van der Waals surface area contributed by atoms with Crippen LogP contribution in [-0.4, -0.2) is 0 Å². The van der Waals surface area contributed by atoms with E-state index in [1.807, 2.05) is 19.1 Å². The number of rotatable bonds is 5. The van der Waals surface area contributed by atoms with Gasteiger partial charge in [0.15, 0.2) is 11.6 Å². The van der Waals surface area contributed by atoms with Gasteiger partial charge in [-0.3, -0.25) is 0 Å². The van der Waals surface area contributed by atoms with Crippen LogP contribution in [0.3, 0.4) is 0 Å². The summed E-state index contributed by atoms with van der Waals surface area (Å²) in [5.41, 5.74) is 3.52. The lowest BCUT2D eigenvalue weighted by Gasteiger charge is -2.04. The van der Waals surface area contributed by atoms with Gasteiger partial charge < -0.3 is 0 Å². The first kappa shape index (κ1) is 17.2. The predicted octanol–water partition coefficient (Wildman–Crippen LogP) is 5.66. The molecule has 0 aliphatic carbocycles. The van der Waals surface area contributed by atoms with Crippen LogP contribution in [-0.2, 0) is 12.8 Å². The minimum absolute atomic E-state index is 0.570. The van der Waals surface area contributed by atoms with Crippen LogP contribution in [0.25, 0.3) is 0 Å². The lowest BCUT2D eigenvalue weighted by atomic mass is 10.0. The zero-order valence-corrected chi connectivity index (χ0v) is 13.8. The summed E-state index contributed by atoms with van der Waals surface area (Å²) in [6.45, 7) is 4.18. The Morgan fingerprint density at radius 1 is 0.826 bits per heavy atom. The van der Waals surface area contributed by atoms with Crippen molar-refractivity contribution in [2.45, 2.75) is 46.0 Å². The van der Waals surface area contributed by atoms with Crippen molar-refractivity contribution in [3.8, 4) is 11.8 Å². The topological polar surface area (TPSA) is 0 Å². The molecule has 0 aliphatic rings. The molecule has 0 spiro atoms. The van der Waals surface area contributed by atoms with Gasteiger partial charge in [-0.1, -0.05) is 50.7 Å². The molecule has 2 aromatic carbocycles. The summed E-state index contributed by atoms with van der Waals surface area (Å²) in [6, 6.07) is 10.6. The van der Waals surface area contributed by atoms with Crippen molar-refractivity contribution in [2.24, 2.45) is 0 Å². The lowest BCUT2D eigenvalue weighted by Crippen LogP contribution is -1.95. The Morgan fingerprint density at radius 2 is 1.52 bits per heavy atom. The number of aryl methyl sites for hydroxylation is 2. The Bertz CT molecular complexity index is 703. The zero-order chi connectivity index (χ0) is 16.7. The molecule has 0 amide bonds. The first-order chi connectivity index (χ1) is 11.1. The molecule has 2 heteroatoms.